The van der Waals surface area contributed by atoms with Crippen LogP contribution in [-0.4, -0.2) is 18.6 Å². The monoisotopic (exact) mass is 204 g/mol. The van der Waals surface area contributed by atoms with Gasteiger partial charge >= 0.3 is 0 Å². The van der Waals surface area contributed by atoms with Crippen molar-refractivity contribution in [1.29, 1.82) is 0 Å². The summed E-state index contributed by atoms with van der Waals surface area (Å²) < 4.78 is 4.94. The predicted molar refractivity (Wildman–Crippen MR) is 41.8 cm³/mol. The molecule has 0 aromatic carbocycles. The molecule has 0 aliphatic rings. The highest BCUT2D eigenvalue weighted by Crippen LogP contribution is 2.08. The van der Waals surface area contributed by atoms with Crippen molar-refractivity contribution in [3.8, 4) is 0 Å². The van der Waals surface area contributed by atoms with Gasteiger partial charge < -0.3 is 9.73 Å². The minimum absolute atomic E-state index is 0.554. The lowest BCUT2D eigenvalue weighted by atomic mass is 10.3. The lowest BCUT2D eigenvalue weighted by Gasteiger charge is -1.91. The van der Waals surface area contributed by atoms with Crippen LogP contribution in [0.4, 0.5) is 0 Å². The van der Waals surface area contributed by atoms with Crippen LogP contribution in [0.2, 0.25) is 0 Å². The van der Waals surface area contributed by atoms with Gasteiger partial charge in [0.1, 0.15) is 6.26 Å². The summed E-state index contributed by atoms with van der Waals surface area (Å²) in [5.74, 6) is 0. The number of hydrogen-bond acceptors (Lipinski definition) is 3. The average molecular weight is 205 g/mol. The third-order valence-electron chi connectivity index (χ3n) is 1.15. The Morgan fingerprint density at radius 1 is 1.80 bits per heavy atom. The van der Waals surface area contributed by atoms with E-state index in [2.05, 4.69) is 26.2 Å². The highest BCUT2D eigenvalue weighted by Gasteiger charge is 1.97. The van der Waals surface area contributed by atoms with Crippen LogP contribution in [0.15, 0.2) is 15.5 Å². The van der Waals surface area contributed by atoms with Gasteiger partial charge in [-0.05, 0) is 7.05 Å². The van der Waals surface area contributed by atoms with Gasteiger partial charge in [0.05, 0.1) is 5.69 Å². The van der Waals surface area contributed by atoms with Crippen molar-refractivity contribution < 1.29 is 4.42 Å². The molecule has 1 N–H and O–H groups in total. The van der Waals surface area contributed by atoms with Crippen LogP contribution in [0, 0.1) is 0 Å². The predicted octanol–water partition coefficient (Wildman–Crippen LogP) is 1.20. The van der Waals surface area contributed by atoms with Gasteiger partial charge in [-0.25, -0.2) is 4.98 Å². The number of likely N-dealkylation sites (N-methyl/N-ethyl adjacent to an activating group) is 1. The molecule has 1 aromatic heterocycles. The maximum absolute atomic E-state index is 4.94. The van der Waals surface area contributed by atoms with E-state index in [1.54, 1.807) is 6.26 Å². The van der Waals surface area contributed by atoms with E-state index in [-0.39, 0.29) is 0 Å². The minimum Gasteiger partial charge on any atom is -0.439 e. The number of aromatic nitrogens is 1. The number of nitrogens with zero attached hydrogens (tertiary/aromatic N) is 1. The summed E-state index contributed by atoms with van der Waals surface area (Å²) >= 11 is 3.13. The molecule has 56 valence electrons. The van der Waals surface area contributed by atoms with Crippen LogP contribution in [-0.2, 0) is 6.42 Å². The van der Waals surface area contributed by atoms with Gasteiger partial charge in [-0.2, -0.15) is 0 Å². The molecule has 1 aromatic rings. The first-order chi connectivity index (χ1) is 4.83. The molecule has 0 fully saturated rings. The molecule has 0 aliphatic carbocycles. The van der Waals surface area contributed by atoms with Gasteiger partial charge in [0, 0.05) is 28.9 Å². The van der Waals surface area contributed by atoms with E-state index >= 15 is 0 Å². The summed E-state index contributed by atoms with van der Waals surface area (Å²) in [7, 11) is 1.91. The average Bonchev–Trinajstić information content (AvgIpc) is 2.31. The summed E-state index contributed by atoms with van der Waals surface area (Å²) in [4.78, 5) is 4.61. The topological polar surface area (TPSA) is 38.1 Å². The number of halogens is 1. The molecule has 0 aliphatic heterocycles. The van der Waals surface area contributed by atoms with Crippen molar-refractivity contribution in [2.75, 3.05) is 13.6 Å². The Morgan fingerprint density at radius 3 is 3.10 bits per heavy atom. The van der Waals surface area contributed by atoms with Gasteiger partial charge in [-0.15, -0.1) is 0 Å². The molecule has 0 unspecified atom stereocenters. The Balaban J connectivity index is 2.42. The second-order valence-corrected chi connectivity index (χ2v) is 2.62. The lowest BCUT2D eigenvalue weighted by Crippen LogP contribution is -2.10. The van der Waals surface area contributed by atoms with Crippen molar-refractivity contribution in [3.63, 3.8) is 0 Å². The summed E-state index contributed by atoms with van der Waals surface area (Å²) in [6.07, 6.45) is 2.56. The van der Waals surface area contributed by atoms with Crippen molar-refractivity contribution in [2.45, 2.75) is 6.42 Å². The van der Waals surface area contributed by atoms with Crippen LogP contribution in [0.5, 0.6) is 0 Å². The fourth-order valence-corrected chi connectivity index (χ4v) is 0.971. The molecule has 0 atom stereocenters. The normalized spacial score (nSPS) is 10.2. The van der Waals surface area contributed by atoms with E-state index in [0.717, 1.165) is 18.7 Å². The molecule has 0 saturated heterocycles. The lowest BCUT2D eigenvalue weighted by molar-refractivity contribution is 0.527. The van der Waals surface area contributed by atoms with E-state index in [1.807, 2.05) is 7.05 Å². The molecule has 3 nitrogen and oxygen atoms in total. The fraction of sp³-hybridized carbons (Fsp3) is 0.500. The first-order valence-electron chi connectivity index (χ1n) is 3.07. The van der Waals surface area contributed by atoms with Gasteiger partial charge in [0.15, 0.2) is 0 Å². The van der Waals surface area contributed by atoms with Crippen molar-refractivity contribution in [1.82, 2.24) is 10.3 Å². The van der Waals surface area contributed by atoms with Crippen LogP contribution in [0.25, 0.3) is 0 Å². The minimum atomic E-state index is 0.554. The standard InChI is InChI=1S/C6H9BrN2O/c1-8-3-2-5-4-10-6(7)9-5/h4,8H,2-3H2,1H3. The first-order valence-corrected chi connectivity index (χ1v) is 3.86. The number of oxazole rings is 1. The highest BCUT2D eigenvalue weighted by atomic mass is 79.9. The van der Waals surface area contributed by atoms with Gasteiger partial charge in [-0.3, -0.25) is 0 Å². The second-order valence-electron chi connectivity index (χ2n) is 1.95. The Kier molecular flexibility index (Phi) is 2.89. The highest BCUT2D eigenvalue weighted by molar-refractivity contribution is 9.10. The molecule has 0 saturated carbocycles. The molecule has 10 heavy (non-hydrogen) atoms. The van der Waals surface area contributed by atoms with Crippen LogP contribution in [0.3, 0.4) is 0 Å². The van der Waals surface area contributed by atoms with Crippen LogP contribution < -0.4 is 5.32 Å². The summed E-state index contributed by atoms with van der Waals surface area (Å²) in [5, 5.41) is 3.03. The number of rotatable bonds is 3. The third kappa shape index (κ3) is 2.11. The molecule has 1 rings (SSSR count). The molecule has 1 heterocycles. The van der Waals surface area contributed by atoms with E-state index < -0.39 is 0 Å². The quantitative estimate of drug-likeness (QED) is 0.805. The molecule has 0 amide bonds. The van der Waals surface area contributed by atoms with Gasteiger partial charge in [-0.1, -0.05) is 0 Å². The van der Waals surface area contributed by atoms with E-state index in [4.69, 9.17) is 4.42 Å². The third-order valence-corrected chi connectivity index (χ3v) is 1.52. The summed E-state index contributed by atoms with van der Waals surface area (Å²) in [6.45, 7) is 0.930. The molecule has 4 heteroatoms. The molecule has 0 bridgehead atoms. The Bertz CT molecular complexity index is 199. The SMILES string of the molecule is CNCCc1coc(Br)n1. The molecular formula is C6H9BrN2O. The maximum Gasteiger partial charge on any atom is 0.264 e. The molecule has 0 radical (unpaired) electrons. The van der Waals surface area contributed by atoms with E-state index in [9.17, 15) is 0 Å². The van der Waals surface area contributed by atoms with E-state index in [0.29, 0.717) is 4.80 Å². The van der Waals surface area contributed by atoms with Gasteiger partial charge in [0.2, 0.25) is 0 Å². The summed E-state index contributed by atoms with van der Waals surface area (Å²) in [6, 6.07) is 0. The zero-order chi connectivity index (χ0) is 7.40. The Hall–Kier alpha value is -0.350. The largest absolute Gasteiger partial charge is 0.439 e. The molecular weight excluding hydrogens is 196 g/mol. The zero-order valence-corrected chi connectivity index (χ0v) is 7.31. The van der Waals surface area contributed by atoms with Crippen molar-refractivity contribution in [3.05, 3.63) is 16.8 Å². The Morgan fingerprint density at radius 2 is 2.60 bits per heavy atom. The van der Waals surface area contributed by atoms with E-state index in [1.165, 1.54) is 0 Å². The van der Waals surface area contributed by atoms with Crippen LogP contribution in [0.1, 0.15) is 5.69 Å². The van der Waals surface area contributed by atoms with Crippen LogP contribution >= 0.6 is 15.9 Å². The number of nitrogens with one attached hydrogen (secondary N) is 1. The fourth-order valence-electron chi connectivity index (χ4n) is 0.650. The smallest absolute Gasteiger partial charge is 0.264 e. The first kappa shape index (κ1) is 7.75. The summed E-state index contributed by atoms with van der Waals surface area (Å²) in [5.41, 5.74) is 0.973. The zero-order valence-electron chi connectivity index (χ0n) is 5.72. The maximum atomic E-state index is 4.94. The van der Waals surface area contributed by atoms with Crippen molar-refractivity contribution in [2.24, 2.45) is 0 Å². The van der Waals surface area contributed by atoms with Crippen molar-refractivity contribution >= 4 is 15.9 Å². The molecule has 0 spiro atoms. The Labute approximate surface area is 68.0 Å². The second kappa shape index (κ2) is 3.73. The van der Waals surface area contributed by atoms with Gasteiger partial charge in [0.25, 0.3) is 4.80 Å². The number of hydrogen-bond donors (Lipinski definition) is 1.